The first-order chi connectivity index (χ1) is 10.6. The summed E-state index contributed by atoms with van der Waals surface area (Å²) >= 11 is 0. The predicted octanol–water partition coefficient (Wildman–Crippen LogP) is 2.53. The lowest BCUT2D eigenvalue weighted by Gasteiger charge is -2.27. The van der Waals surface area contributed by atoms with Gasteiger partial charge in [-0.2, -0.15) is 10.4 Å². The summed E-state index contributed by atoms with van der Waals surface area (Å²) in [7, 11) is 0. The minimum absolute atomic E-state index is 0.161. The summed E-state index contributed by atoms with van der Waals surface area (Å²) in [6.07, 6.45) is 4.39. The number of anilines is 1. The number of nitrogens with one attached hydrogen (secondary N) is 1. The molecule has 22 heavy (non-hydrogen) atoms. The number of nitriles is 1. The van der Waals surface area contributed by atoms with Crippen LogP contribution < -0.4 is 5.32 Å². The van der Waals surface area contributed by atoms with Gasteiger partial charge in [-0.15, -0.1) is 5.10 Å². The third-order valence-corrected chi connectivity index (χ3v) is 4.38. The first-order valence-corrected chi connectivity index (χ1v) is 7.88. The number of hydrogen-bond acceptors (Lipinski definition) is 5. The van der Waals surface area contributed by atoms with Gasteiger partial charge < -0.3 is 10.4 Å². The lowest BCUT2D eigenvalue weighted by Crippen LogP contribution is -2.30. The van der Waals surface area contributed by atoms with Crippen LogP contribution >= 0.6 is 0 Å². The molecule has 0 aliphatic heterocycles. The maximum atomic E-state index is 11.0. The van der Waals surface area contributed by atoms with Crippen LogP contribution in [0.2, 0.25) is 0 Å². The molecule has 1 saturated carbocycles. The summed E-state index contributed by atoms with van der Waals surface area (Å²) in [4.78, 5) is 11.0. The molecule has 0 aromatic carbocycles. The van der Waals surface area contributed by atoms with E-state index in [0.29, 0.717) is 24.2 Å². The monoisotopic (exact) mass is 302 g/mol. The number of rotatable bonds is 5. The van der Waals surface area contributed by atoms with E-state index in [4.69, 9.17) is 5.11 Å². The quantitative estimate of drug-likeness (QED) is 0.867. The predicted molar refractivity (Wildman–Crippen MR) is 82.5 cm³/mol. The molecule has 0 radical (unpaired) electrons. The summed E-state index contributed by atoms with van der Waals surface area (Å²) in [5.41, 5.74) is 2.41. The zero-order valence-corrected chi connectivity index (χ0v) is 13.1. The maximum Gasteiger partial charge on any atom is 0.306 e. The average Bonchev–Trinajstić information content (AvgIpc) is 2.54. The minimum Gasteiger partial charge on any atom is -0.481 e. The lowest BCUT2D eigenvalue weighted by atomic mass is 9.86. The van der Waals surface area contributed by atoms with Gasteiger partial charge in [0.2, 0.25) is 0 Å². The molecule has 1 heterocycles. The van der Waals surface area contributed by atoms with Gasteiger partial charge in [0, 0.05) is 6.04 Å². The second-order valence-electron chi connectivity index (χ2n) is 5.70. The molecule has 118 valence electrons. The molecule has 1 aliphatic carbocycles. The average molecular weight is 302 g/mol. The second kappa shape index (κ2) is 7.21. The van der Waals surface area contributed by atoms with Gasteiger partial charge in [0.1, 0.15) is 11.6 Å². The SMILES string of the molecule is CCc1nnc(NC2CCC(C(=O)O)CC2)c(C#N)c1CC. The summed E-state index contributed by atoms with van der Waals surface area (Å²) in [6.45, 7) is 4.02. The van der Waals surface area contributed by atoms with E-state index >= 15 is 0 Å². The molecule has 0 saturated heterocycles. The molecule has 1 aromatic heterocycles. The lowest BCUT2D eigenvalue weighted by molar-refractivity contribution is -0.142. The highest BCUT2D eigenvalue weighted by molar-refractivity contribution is 5.70. The number of aromatic nitrogens is 2. The Kier molecular flexibility index (Phi) is 5.31. The Bertz CT molecular complexity index is 587. The van der Waals surface area contributed by atoms with E-state index in [2.05, 4.69) is 21.6 Å². The Hall–Kier alpha value is -2.16. The Morgan fingerprint density at radius 1 is 1.27 bits per heavy atom. The first-order valence-electron chi connectivity index (χ1n) is 7.88. The molecule has 1 fully saturated rings. The van der Waals surface area contributed by atoms with Crippen LogP contribution in [0.5, 0.6) is 0 Å². The molecule has 0 unspecified atom stereocenters. The highest BCUT2D eigenvalue weighted by atomic mass is 16.4. The van der Waals surface area contributed by atoms with Crippen molar-refractivity contribution in [2.75, 3.05) is 5.32 Å². The van der Waals surface area contributed by atoms with Crippen molar-refractivity contribution in [3.63, 3.8) is 0 Å². The number of aryl methyl sites for hydroxylation is 1. The van der Waals surface area contributed by atoms with Gasteiger partial charge in [-0.25, -0.2) is 0 Å². The normalized spacial score (nSPS) is 21.1. The van der Waals surface area contributed by atoms with E-state index in [1.807, 2.05) is 13.8 Å². The van der Waals surface area contributed by atoms with Gasteiger partial charge in [0.15, 0.2) is 5.82 Å². The summed E-state index contributed by atoms with van der Waals surface area (Å²) in [5, 5.41) is 30.2. The van der Waals surface area contributed by atoms with Gasteiger partial charge in [-0.05, 0) is 44.1 Å². The van der Waals surface area contributed by atoms with Crippen LogP contribution in [0, 0.1) is 17.2 Å². The zero-order chi connectivity index (χ0) is 16.1. The Labute approximate surface area is 130 Å². The van der Waals surface area contributed by atoms with E-state index in [0.717, 1.165) is 36.9 Å². The van der Waals surface area contributed by atoms with Gasteiger partial charge in [0.25, 0.3) is 0 Å². The number of carboxylic acid groups (broad SMARTS) is 1. The summed E-state index contributed by atoms with van der Waals surface area (Å²) in [6, 6.07) is 2.41. The molecule has 6 nitrogen and oxygen atoms in total. The third kappa shape index (κ3) is 3.35. The van der Waals surface area contributed by atoms with Crippen LogP contribution in [-0.4, -0.2) is 27.3 Å². The van der Waals surface area contributed by atoms with Gasteiger partial charge in [-0.3, -0.25) is 4.79 Å². The third-order valence-electron chi connectivity index (χ3n) is 4.38. The molecule has 0 atom stereocenters. The fourth-order valence-corrected chi connectivity index (χ4v) is 3.07. The van der Waals surface area contributed by atoms with Crippen LogP contribution in [0.15, 0.2) is 0 Å². The van der Waals surface area contributed by atoms with Gasteiger partial charge >= 0.3 is 5.97 Å². The smallest absolute Gasteiger partial charge is 0.306 e. The van der Waals surface area contributed by atoms with E-state index in [9.17, 15) is 10.1 Å². The van der Waals surface area contributed by atoms with Crippen molar-refractivity contribution in [2.24, 2.45) is 5.92 Å². The molecular weight excluding hydrogens is 280 g/mol. The molecule has 0 spiro atoms. The van der Waals surface area contributed by atoms with E-state index < -0.39 is 5.97 Å². The fourth-order valence-electron chi connectivity index (χ4n) is 3.07. The standard InChI is InChI=1S/C16H22N4O2/c1-3-12-13(9-17)15(20-19-14(12)4-2)18-11-7-5-10(6-8-11)16(21)22/h10-11H,3-8H2,1-2H3,(H,18,20)(H,21,22). The van der Waals surface area contributed by atoms with Crippen molar-refractivity contribution >= 4 is 11.8 Å². The second-order valence-corrected chi connectivity index (χ2v) is 5.70. The first kappa shape index (κ1) is 16.2. The molecular formula is C16H22N4O2. The molecule has 6 heteroatoms. The Balaban J connectivity index is 2.14. The van der Waals surface area contributed by atoms with Crippen molar-refractivity contribution in [3.8, 4) is 6.07 Å². The number of aliphatic carboxylic acids is 1. The fraction of sp³-hybridized carbons (Fsp3) is 0.625. The number of carbonyl (C=O) groups is 1. The molecule has 0 amide bonds. The van der Waals surface area contributed by atoms with Crippen molar-refractivity contribution in [1.82, 2.24) is 10.2 Å². The molecule has 1 aromatic rings. The van der Waals surface area contributed by atoms with Crippen LogP contribution in [-0.2, 0) is 17.6 Å². The number of nitrogens with zero attached hydrogens (tertiary/aromatic N) is 3. The topological polar surface area (TPSA) is 98.9 Å². The number of hydrogen-bond donors (Lipinski definition) is 2. The van der Waals surface area contributed by atoms with Crippen LogP contribution in [0.1, 0.15) is 56.4 Å². The molecule has 2 rings (SSSR count). The zero-order valence-electron chi connectivity index (χ0n) is 13.1. The summed E-state index contributed by atoms with van der Waals surface area (Å²) < 4.78 is 0. The highest BCUT2D eigenvalue weighted by Gasteiger charge is 2.27. The number of carboxylic acids is 1. The van der Waals surface area contributed by atoms with E-state index in [-0.39, 0.29) is 12.0 Å². The molecule has 2 N–H and O–H groups in total. The van der Waals surface area contributed by atoms with Gasteiger partial charge in [0.05, 0.1) is 11.6 Å². The minimum atomic E-state index is -0.712. The molecule has 1 aliphatic rings. The van der Waals surface area contributed by atoms with E-state index in [1.54, 1.807) is 0 Å². The van der Waals surface area contributed by atoms with E-state index in [1.165, 1.54) is 0 Å². The Morgan fingerprint density at radius 2 is 1.95 bits per heavy atom. The van der Waals surface area contributed by atoms with Crippen molar-refractivity contribution in [1.29, 1.82) is 5.26 Å². The maximum absolute atomic E-state index is 11.0. The molecule has 0 bridgehead atoms. The highest BCUT2D eigenvalue weighted by Crippen LogP contribution is 2.28. The van der Waals surface area contributed by atoms with Crippen LogP contribution in [0.3, 0.4) is 0 Å². The van der Waals surface area contributed by atoms with Crippen LogP contribution in [0.4, 0.5) is 5.82 Å². The van der Waals surface area contributed by atoms with Crippen molar-refractivity contribution < 1.29 is 9.90 Å². The van der Waals surface area contributed by atoms with Crippen molar-refractivity contribution in [3.05, 3.63) is 16.8 Å². The van der Waals surface area contributed by atoms with Gasteiger partial charge in [-0.1, -0.05) is 13.8 Å². The Morgan fingerprint density at radius 3 is 2.45 bits per heavy atom. The van der Waals surface area contributed by atoms with Crippen molar-refractivity contribution in [2.45, 2.75) is 58.4 Å². The van der Waals surface area contributed by atoms with Crippen LogP contribution in [0.25, 0.3) is 0 Å². The summed E-state index contributed by atoms with van der Waals surface area (Å²) in [5.74, 6) is -0.417. The largest absolute Gasteiger partial charge is 0.481 e.